The second-order valence-electron chi connectivity index (χ2n) is 3.80. The molecule has 0 saturated carbocycles. The number of halogens is 1. The van der Waals surface area contributed by atoms with Gasteiger partial charge in [-0.05, 0) is 24.3 Å². The second kappa shape index (κ2) is 3.56. The van der Waals surface area contributed by atoms with E-state index < -0.39 is 0 Å². The lowest BCUT2D eigenvalue weighted by Gasteiger charge is -1.93. The van der Waals surface area contributed by atoms with E-state index in [-0.39, 0.29) is 10.6 Å². The molecule has 0 unspecified atom stereocenters. The van der Waals surface area contributed by atoms with Crippen molar-refractivity contribution in [1.82, 2.24) is 4.98 Å². The molecule has 0 spiro atoms. The SMILES string of the molecule is O=[N+]([O-])c1ccc2c(c1)[nH]c1ccc(Br)cc12. The number of nitro benzene ring substituents is 1. The number of benzene rings is 2. The lowest BCUT2D eigenvalue weighted by atomic mass is 10.1. The number of nitrogens with one attached hydrogen (secondary N) is 1. The summed E-state index contributed by atoms with van der Waals surface area (Å²) < 4.78 is 0.990. The average molecular weight is 291 g/mol. The number of hydrogen-bond donors (Lipinski definition) is 1. The Morgan fingerprint density at radius 2 is 1.88 bits per heavy atom. The molecule has 1 N–H and O–H groups in total. The summed E-state index contributed by atoms with van der Waals surface area (Å²) in [5.74, 6) is 0. The van der Waals surface area contributed by atoms with Crippen molar-refractivity contribution in [2.45, 2.75) is 0 Å². The normalized spacial score (nSPS) is 11.1. The minimum Gasteiger partial charge on any atom is -0.354 e. The molecule has 3 rings (SSSR count). The standard InChI is InChI=1S/C12H7BrN2O2/c13-7-1-4-11-10(5-7)9-3-2-8(15(16)17)6-12(9)14-11/h1-6,14H. The predicted octanol–water partition coefficient (Wildman–Crippen LogP) is 3.99. The van der Waals surface area contributed by atoms with Crippen molar-refractivity contribution >= 4 is 43.4 Å². The van der Waals surface area contributed by atoms with Gasteiger partial charge in [-0.1, -0.05) is 15.9 Å². The first kappa shape index (κ1) is 10.3. The topological polar surface area (TPSA) is 58.9 Å². The number of aromatic amines is 1. The average Bonchev–Trinajstić information content (AvgIpc) is 2.66. The summed E-state index contributed by atoms with van der Waals surface area (Å²) in [5.41, 5.74) is 1.86. The molecule has 3 aromatic rings. The summed E-state index contributed by atoms with van der Waals surface area (Å²) in [6, 6.07) is 10.7. The van der Waals surface area contributed by atoms with E-state index in [2.05, 4.69) is 20.9 Å². The lowest BCUT2D eigenvalue weighted by molar-refractivity contribution is -0.384. The predicted molar refractivity (Wildman–Crippen MR) is 70.2 cm³/mol. The van der Waals surface area contributed by atoms with E-state index in [1.165, 1.54) is 6.07 Å². The third kappa shape index (κ3) is 1.59. The van der Waals surface area contributed by atoms with E-state index in [1.54, 1.807) is 12.1 Å². The Morgan fingerprint density at radius 3 is 2.65 bits per heavy atom. The summed E-state index contributed by atoms with van der Waals surface area (Å²) >= 11 is 3.42. The smallest absolute Gasteiger partial charge is 0.271 e. The van der Waals surface area contributed by atoms with E-state index >= 15 is 0 Å². The van der Waals surface area contributed by atoms with Crippen LogP contribution in [0.1, 0.15) is 0 Å². The quantitative estimate of drug-likeness (QED) is 0.544. The number of H-pyrrole nitrogens is 1. The Bertz CT molecular complexity index is 749. The fourth-order valence-corrected chi connectivity index (χ4v) is 2.34. The van der Waals surface area contributed by atoms with Gasteiger partial charge in [-0.3, -0.25) is 10.1 Å². The Kier molecular flexibility index (Phi) is 2.16. The van der Waals surface area contributed by atoms with Crippen LogP contribution in [0.5, 0.6) is 0 Å². The number of aromatic nitrogens is 1. The Labute approximate surface area is 105 Å². The van der Waals surface area contributed by atoms with Gasteiger partial charge in [0, 0.05) is 32.9 Å². The fourth-order valence-electron chi connectivity index (χ4n) is 1.98. The van der Waals surface area contributed by atoms with Crippen LogP contribution in [0.3, 0.4) is 0 Å². The van der Waals surface area contributed by atoms with E-state index in [1.807, 2.05) is 18.2 Å². The van der Waals surface area contributed by atoms with Crippen LogP contribution in [0.15, 0.2) is 40.9 Å². The molecule has 0 aliphatic rings. The second-order valence-corrected chi connectivity index (χ2v) is 4.72. The van der Waals surface area contributed by atoms with E-state index in [4.69, 9.17) is 0 Å². The zero-order valence-electron chi connectivity index (χ0n) is 8.61. The molecule has 4 nitrogen and oxygen atoms in total. The molecule has 5 heteroatoms. The minimum absolute atomic E-state index is 0.100. The van der Waals surface area contributed by atoms with Gasteiger partial charge in [0.15, 0.2) is 0 Å². The van der Waals surface area contributed by atoms with E-state index in [9.17, 15) is 10.1 Å². The largest absolute Gasteiger partial charge is 0.354 e. The van der Waals surface area contributed by atoms with Crippen LogP contribution in [0.4, 0.5) is 5.69 Å². The van der Waals surface area contributed by atoms with Crippen LogP contribution < -0.4 is 0 Å². The Morgan fingerprint density at radius 1 is 1.06 bits per heavy atom. The molecule has 0 aliphatic carbocycles. The summed E-state index contributed by atoms with van der Waals surface area (Å²) in [7, 11) is 0. The van der Waals surface area contributed by atoms with Crippen LogP contribution in [0.25, 0.3) is 21.8 Å². The monoisotopic (exact) mass is 290 g/mol. The van der Waals surface area contributed by atoms with Crippen LogP contribution in [-0.4, -0.2) is 9.91 Å². The molecule has 17 heavy (non-hydrogen) atoms. The first-order valence-electron chi connectivity index (χ1n) is 5.00. The van der Waals surface area contributed by atoms with Gasteiger partial charge in [-0.15, -0.1) is 0 Å². The van der Waals surface area contributed by atoms with Gasteiger partial charge in [0.05, 0.1) is 10.4 Å². The van der Waals surface area contributed by atoms with Crippen LogP contribution in [0.2, 0.25) is 0 Å². The van der Waals surface area contributed by atoms with Crippen molar-refractivity contribution < 1.29 is 4.92 Å². The van der Waals surface area contributed by atoms with Crippen LogP contribution >= 0.6 is 15.9 Å². The van der Waals surface area contributed by atoms with Gasteiger partial charge >= 0.3 is 0 Å². The van der Waals surface area contributed by atoms with E-state index in [0.29, 0.717) is 0 Å². The fraction of sp³-hybridized carbons (Fsp3) is 0. The Hall–Kier alpha value is -1.88. The van der Waals surface area contributed by atoms with Gasteiger partial charge in [-0.25, -0.2) is 0 Å². The maximum absolute atomic E-state index is 10.7. The van der Waals surface area contributed by atoms with Gasteiger partial charge in [0.25, 0.3) is 5.69 Å². The van der Waals surface area contributed by atoms with Crippen molar-refractivity contribution in [2.75, 3.05) is 0 Å². The van der Waals surface area contributed by atoms with Crippen molar-refractivity contribution in [3.8, 4) is 0 Å². The highest BCUT2D eigenvalue weighted by atomic mass is 79.9. The van der Waals surface area contributed by atoms with E-state index in [0.717, 1.165) is 26.3 Å². The maximum Gasteiger partial charge on any atom is 0.271 e. The number of nitrogens with zero attached hydrogens (tertiary/aromatic N) is 1. The molecular formula is C12H7BrN2O2. The number of nitro groups is 1. The molecule has 0 bridgehead atoms. The van der Waals surface area contributed by atoms with Crippen LogP contribution in [0, 0.1) is 10.1 Å². The molecule has 0 radical (unpaired) electrons. The third-order valence-electron chi connectivity index (χ3n) is 2.76. The van der Waals surface area contributed by atoms with Gasteiger partial charge in [0.2, 0.25) is 0 Å². The summed E-state index contributed by atoms with van der Waals surface area (Å²) in [4.78, 5) is 13.5. The molecule has 0 atom stereocenters. The number of rotatable bonds is 1. The van der Waals surface area contributed by atoms with Gasteiger partial charge < -0.3 is 4.98 Å². The molecule has 84 valence electrons. The molecule has 1 aromatic heterocycles. The highest BCUT2D eigenvalue weighted by molar-refractivity contribution is 9.10. The lowest BCUT2D eigenvalue weighted by Crippen LogP contribution is -1.86. The highest BCUT2D eigenvalue weighted by Crippen LogP contribution is 2.30. The third-order valence-corrected chi connectivity index (χ3v) is 3.25. The van der Waals surface area contributed by atoms with Crippen molar-refractivity contribution in [3.05, 3.63) is 51.0 Å². The van der Waals surface area contributed by atoms with Crippen molar-refractivity contribution in [1.29, 1.82) is 0 Å². The molecular weight excluding hydrogens is 284 g/mol. The molecule has 0 amide bonds. The van der Waals surface area contributed by atoms with Crippen LogP contribution in [-0.2, 0) is 0 Å². The molecule has 1 heterocycles. The molecule has 0 aliphatic heterocycles. The van der Waals surface area contributed by atoms with Crippen molar-refractivity contribution in [2.24, 2.45) is 0 Å². The molecule has 0 fully saturated rings. The highest BCUT2D eigenvalue weighted by Gasteiger charge is 2.10. The Balaban J connectivity index is 2.39. The summed E-state index contributed by atoms with van der Waals surface area (Å²) in [6.45, 7) is 0. The maximum atomic E-state index is 10.7. The number of hydrogen-bond acceptors (Lipinski definition) is 2. The summed E-state index contributed by atoms with van der Waals surface area (Å²) in [5, 5.41) is 12.8. The van der Waals surface area contributed by atoms with Gasteiger partial charge in [0.1, 0.15) is 0 Å². The van der Waals surface area contributed by atoms with Gasteiger partial charge in [-0.2, -0.15) is 0 Å². The number of fused-ring (bicyclic) bond motifs is 3. The zero-order valence-corrected chi connectivity index (χ0v) is 10.2. The summed E-state index contributed by atoms with van der Waals surface area (Å²) in [6.07, 6.45) is 0. The molecule has 2 aromatic carbocycles. The first-order valence-corrected chi connectivity index (χ1v) is 5.80. The zero-order chi connectivity index (χ0) is 12.0. The minimum atomic E-state index is -0.388. The molecule has 0 saturated heterocycles. The number of non-ortho nitro benzene ring substituents is 1. The van der Waals surface area contributed by atoms with Crippen molar-refractivity contribution in [3.63, 3.8) is 0 Å². The first-order chi connectivity index (χ1) is 8.15.